The van der Waals surface area contributed by atoms with Crippen LogP contribution in [0.15, 0.2) is 54.6 Å². The van der Waals surface area contributed by atoms with E-state index in [1.54, 1.807) is 12.1 Å². The fourth-order valence-corrected chi connectivity index (χ4v) is 2.43. The van der Waals surface area contributed by atoms with Gasteiger partial charge in [-0.05, 0) is 19.1 Å². The summed E-state index contributed by atoms with van der Waals surface area (Å²) in [6.07, 6.45) is 0. The van der Waals surface area contributed by atoms with Crippen LogP contribution in [0.5, 0.6) is 0 Å². The molecular weight excluding hydrogens is 304 g/mol. The molecule has 3 aromatic rings. The number of hydrogen-bond donors (Lipinski definition) is 1. The molecule has 5 heteroatoms. The van der Waals surface area contributed by atoms with Crippen molar-refractivity contribution in [3.05, 3.63) is 65.7 Å². The highest BCUT2D eigenvalue weighted by Gasteiger charge is 2.15. The first-order chi connectivity index (χ1) is 11.5. The van der Waals surface area contributed by atoms with Gasteiger partial charge in [-0.3, -0.25) is 4.79 Å². The number of carbonyl (C=O) groups excluding carboxylic acids is 2. The Bertz CT molecular complexity index is 918. The average molecular weight is 320 g/mol. The Morgan fingerprint density at radius 1 is 1.08 bits per heavy atom. The molecule has 120 valence electrons. The number of rotatable bonds is 4. The van der Waals surface area contributed by atoms with Crippen molar-refractivity contribution in [3.63, 3.8) is 0 Å². The molecule has 0 saturated heterocycles. The van der Waals surface area contributed by atoms with Gasteiger partial charge in [0.2, 0.25) is 0 Å². The number of aryl methyl sites for hydroxylation is 1. The van der Waals surface area contributed by atoms with E-state index < -0.39 is 18.5 Å². The zero-order valence-electron chi connectivity index (χ0n) is 13.2. The van der Waals surface area contributed by atoms with E-state index in [-0.39, 0.29) is 0 Å². The number of pyridine rings is 1. The fraction of sp³-hybridized carbons (Fsp3) is 0.105. The first kappa shape index (κ1) is 15.7. The zero-order valence-corrected chi connectivity index (χ0v) is 13.2. The Kier molecular flexibility index (Phi) is 4.24. The lowest BCUT2D eigenvalue weighted by Gasteiger charge is -2.09. The number of nitrogens with two attached hydrogens (primary N) is 1. The lowest BCUT2D eigenvalue weighted by atomic mass is 10.0. The summed E-state index contributed by atoms with van der Waals surface area (Å²) in [5.74, 6) is -1.29. The molecule has 0 radical (unpaired) electrons. The van der Waals surface area contributed by atoms with Crippen LogP contribution >= 0.6 is 0 Å². The van der Waals surface area contributed by atoms with E-state index in [0.29, 0.717) is 22.2 Å². The minimum Gasteiger partial charge on any atom is -0.452 e. The predicted molar refractivity (Wildman–Crippen MR) is 91.4 cm³/mol. The van der Waals surface area contributed by atoms with Crippen molar-refractivity contribution in [3.8, 4) is 11.3 Å². The minimum absolute atomic E-state index is 0.359. The van der Waals surface area contributed by atoms with Gasteiger partial charge in [0.05, 0.1) is 16.8 Å². The van der Waals surface area contributed by atoms with Gasteiger partial charge in [-0.25, -0.2) is 9.78 Å². The Hall–Kier alpha value is -3.21. The number of amides is 1. The highest BCUT2D eigenvalue weighted by atomic mass is 16.5. The molecule has 0 spiro atoms. The molecular formula is C19H16N2O3. The summed E-state index contributed by atoms with van der Waals surface area (Å²) in [6.45, 7) is 1.56. The van der Waals surface area contributed by atoms with Crippen LogP contribution in [0, 0.1) is 6.92 Å². The van der Waals surface area contributed by atoms with Crippen LogP contribution < -0.4 is 5.73 Å². The summed E-state index contributed by atoms with van der Waals surface area (Å²) >= 11 is 0. The first-order valence-electron chi connectivity index (χ1n) is 7.47. The molecule has 1 amide bonds. The van der Waals surface area contributed by atoms with Gasteiger partial charge in [0.1, 0.15) is 0 Å². The Balaban J connectivity index is 2.10. The van der Waals surface area contributed by atoms with Crippen molar-refractivity contribution in [2.24, 2.45) is 5.73 Å². The Morgan fingerprint density at radius 3 is 2.50 bits per heavy atom. The van der Waals surface area contributed by atoms with E-state index in [4.69, 9.17) is 10.5 Å². The number of ether oxygens (including phenoxy) is 1. The highest BCUT2D eigenvalue weighted by Crippen LogP contribution is 2.25. The molecule has 24 heavy (non-hydrogen) atoms. The van der Waals surface area contributed by atoms with Gasteiger partial charge in [0, 0.05) is 10.9 Å². The normalized spacial score (nSPS) is 10.5. The second-order valence-corrected chi connectivity index (χ2v) is 5.48. The summed E-state index contributed by atoms with van der Waals surface area (Å²) in [6, 6.07) is 16.8. The summed E-state index contributed by atoms with van der Waals surface area (Å²) < 4.78 is 4.97. The molecule has 2 aromatic carbocycles. The fourth-order valence-electron chi connectivity index (χ4n) is 2.43. The lowest BCUT2D eigenvalue weighted by Crippen LogP contribution is -2.21. The van der Waals surface area contributed by atoms with Gasteiger partial charge in [0.15, 0.2) is 6.61 Å². The van der Waals surface area contributed by atoms with Crippen LogP contribution in [0.4, 0.5) is 0 Å². The van der Waals surface area contributed by atoms with Crippen molar-refractivity contribution in [1.29, 1.82) is 0 Å². The highest BCUT2D eigenvalue weighted by molar-refractivity contribution is 6.05. The third-order valence-electron chi connectivity index (χ3n) is 3.63. The molecule has 0 atom stereocenters. The molecule has 5 nitrogen and oxygen atoms in total. The van der Waals surface area contributed by atoms with Crippen molar-refractivity contribution >= 4 is 22.8 Å². The monoisotopic (exact) mass is 320 g/mol. The molecule has 0 bridgehead atoms. The van der Waals surface area contributed by atoms with Crippen LogP contribution in [0.25, 0.3) is 22.2 Å². The van der Waals surface area contributed by atoms with Gasteiger partial charge >= 0.3 is 5.97 Å². The van der Waals surface area contributed by atoms with E-state index in [1.165, 1.54) is 0 Å². The number of benzene rings is 2. The zero-order chi connectivity index (χ0) is 17.1. The maximum atomic E-state index is 12.3. The number of hydrogen-bond acceptors (Lipinski definition) is 4. The third-order valence-corrected chi connectivity index (χ3v) is 3.63. The lowest BCUT2D eigenvalue weighted by molar-refractivity contribution is -0.121. The quantitative estimate of drug-likeness (QED) is 0.749. The summed E-state index contributed by atoms with van der Waals surface area (Å²) in [4.78, 5) is 27.8. The number of nitrogens with zero attached hydrogens (tertiary/aromatic N) is 1. The molecule has 2 N–H and O–H groups in total. The molecule has 1 heterocycles. The summed E-state index contributed by atoms with van der Waals surface area (Å²) in [7, 11) is 0. The molecule has 0 saturated carbocycles. The van der Waals surface area contributed by atoms with E-state index in [1.807, 2.05) is 49.4 Å². The first-order valence-corrected chi connectivity index (χ1v) is 7.47. The average Bonchev–Trinajstić information content (AvgIpc) is 2.59. The Labute approximate surface area is 139 Å². The molecule has 0 fully saturated rings. The standard InChI is InChI=1S/C19H16N2O3/c1-12-6-8-13(9-7-12)17-10-15(19(23)24-11-18(20)22)14-4-2-3-5-16(14)21-17/h2-10H,11H2,1H3,(H2,20,22). The van der Waals surface area contributed by atoms with Gasteiger partial charge < -0.3 is 10.5 Å². The minimum atomic E-state index is -0.694. The van der Waals surface area contributed by atoms with Crippen molar-refractivity contribution in [1.82, 2.24) is 4.98 Å². The predicted octanol–water partition coefficient (Wildman–Crippen LogP) is 2.85. The molecule has 0 aliphatic rings. The molecule has 0 aliphatic heterocycles. The van der Waals surface area contributed by atoms with Crippen LogP contribution in [0.3, 0.4) is 0 Å². The van der Waals surface area contributed by atoms with Gasteiger partial charge in [-0.1, -0.05) is 48.0 Å². The van der Waals surface area contributed by atoms with E-state index >= 15 is 0 Å². The molecule has 3 rings (SSSR count). The smallest absolute Gasteiger partial charge is 0.339 e. The van der Waals surface area contributed by atoms with E-state index in [0.717, 1.165) is 11.1 Å². The van der Waals surface area contributed by atoms with Gasteiger partial charge in [0.25, 0.3) is 5.91 Å². The maximum absolute atomic E-state index is 12.3. The number of primary amides is 1. The van der Waals surface area contributed by atoms with Crippen molar-refractivity contribution < 1.29 is 14.3 Å². The van der Waals surface area contributed by atoms with Crippen LogP contribution in [-0.2, 0) is 9.53 Å². The molecule has 0 unspecified atom stereocenters. The second-order valence-electron chi connectivity index (χ2n) is 5.48. The number of para-hydroxylation sites is 1. The molecule has 0 aliphatic carbocycles. The van der Waals surface area contributed by atoms with E-state index in [9.17, 15) is 9.59 Å². The number of carbonyl (C=O) groups is 2. The topological polar surface area (TPSA) is 82.3 Å². The summed E-state index contributed by atoms with van der Waals surface area (Å²) in [5.41, 5.74) is 8.78. The SMILES string of the molecule is Cc1ccc(-c2cc(C(=O)OCC(N)=O)c3ccccc3n2)cc1. The number of esters is 1. The van der Waals surface area contributed by atoms with Crippen LogP contribution in [-0.4, -0.2) is 23.5 Å². The van der Waals surface area contributed by atoms with E-state index in [2.05, 4.69) is 4.98 Å². The number of fused-ring (bicyclic) bond motifs is 1. The third kappa shape index (κ3) is 3.25. The van der Waals surface area contributed by atoms with Gasteiger partial charge in [-0.15, -0.1) is 0 Å². The number of aromatic nitrogens is 1. The van der Waals surface area contributed by atoms with Crippen molar-refractivity contribution in [2.75, 3.05) is 6.61 Å². The second kappa shape index (κ2) is 6.50. The Morgan fingerprint density at radius 2 is 1.79 bits per heavy atom. The maximum Gasteiger partial charge on any atom is 0.339 e. The summed E-state index contributed by atoms with van der Waals surface area (Å²) in [5, 5.41) is 0.669. The van der Waals surface area contributed by atoms with Crippen molar-refractivity contribution in [2.45, 2.75) is 6.92 Å². The van der Waals surface area contributed by atoms with Crippen LogP contribution in [0.1, 0.15) is 15.9 Å². The van der Waals surface area contributed by atoms with Crippen LogP contribution in [0.2, 0.25) is 0 Å². The van der Waals surface area contributed by atoms with Gasteiger partial charge in [-0.2, -0.15) is 0 Å². The largest absolute Gasteiger partial charge is 0.452 e. The molecule has 1 aromatic heterocycles.